The van der Waals surface area contributed by atoms with Gasteiger partial charge in [0.25, 0.3) is 0 Å². The van der Waals surface area contributed by atoms with E-state index in [0.717, 1.165) is 16.6 Å². The maximum absolute atomic E-state index is 12.2. The highest BCUT2D eigenvalue weighted by Crippen LogP contribution is 2.20. The fourth-order valence-electron chi connectivity index (χ4n) is 2.17. The zero-order chi connectivity index (χ0) is 15.1. The number of carbonyl (C=O) groups excluding carboxylic acids is 1. The van der Waals surface area contributed by atoms with Crippen LogP contribution in [0.5, 0.6) is 0 Å². The van der Waals surface area contributed by atoms with E-state index < -0.39 is 0 Å². The third kappa shape index (κ3) is 4.00. The third-order valence-corrected chi connectivity index (χ3v) is 3.05. The van der Waals surface area contributed by atoms with Gasteiger partial charge in [0, 0.05) is 24.7 Å². The normalized spacial score (nSPS) is 10.5. The van der Waals surface area contributed by atoms with Gasteiger partial charge in [0.1, 0.15) is 0 Å². The van der Waals surface area contributed by atoms with Crippen molar-refractivity contribution in [2.24, 2.45) is 0 Å². The lowest BCUT2D eigenvalue weighted by atomic mass is 10.2. The first-order valence-electron chi connectivity index (χ1n) is 6.82. The van der Waals surface area contributed by atoms with Crippen LogP contribution in [-0.2, 0) is 4.79 Å². The lowest BCUT2D eigenvalue weighted by molar-refractivity contribution is -0.117. The lowest BCUT2D eigenvalue weighted by Gasteiger charge is -2.18. The maximum Gasteiger partial charge on any atom is 0.238 e. The summed E-state index contributed by atoms with van der Waals surface area (Å²) >= 11 is 0. The van der Waals surface area contributed by atoms with Gasteiger partial charge in [-0.15, -0.1) is 13.2 Å². The largest absolute Gasteiger partial charge is 0.323 e. The number of pyridine rings is 1. The number of aromatic nitrogens is 1. The fraction of sp³-hybridized carbons (Fsp3) is 0.176. The van der Waals surface area contributed by atoms with E-state index >= 15 is 0 Å². The minimum Gasteiger partial charge on any atom is -0.323 e. The molecule has 1 N–H and O–H groups in total. The number of rotatable bonds is 7. The molecular weight excluding hydrogens is 262 g/mol. The monoisotopic (exact) mass is 281 g/mol. The van der Waals surface area contributed by atoms with Gasteiger partial charge in [-0.25, -0.2) is 0 Å². The first-order chi connectivity index (χ1) is 10.2. The predicted octanol–water partition coefficient (Wildman–Crippen LogP) is 2.85. The Hall–Kier alpha value is -2.46. The van der Waals surface area contributed by atoms with Gasteiger partial charge in [-0.1, -0.05) is 30.4 Å². The molecule has 0 saturated heterocycles. The van der Waals surface area contributed by atoms with Gasteiger partial charge in [0.05, 0.1) is 17.7 Å². The number of para-hydroxylation sites is 1. The summed E-state index contributed by atoms with van der Waals surface area (Å²) in [4.78, 5) is 18.4. The van der Waals surface area contributed by atoms with Crippen molar-refractivity contribution in [1.29, 1.82) is 0 Å². The number of benzene rings is 1. The van der Waals surface area contributed by atoms with Gasteiger partial charge in [-0.05, 0) is 12.1 Å². The Labute approximate surface area is 124 Å². The van der Waals surface area contributed by atoms with E-state index in [1.54, 1.807) is 18.3 Å². The number of nitrogens with one attached hydrogen (secondary N) is 1. The van der Waals surface area contributed by atoms with E-state index in [9.17, 15) is 4.79 Å². The van der Waals surface area contributed by atoms with Crippen LogP contribution in [-0.4, -0.2) is 35.4 Å². The van der Waals surface area contributed by atoms with Gasteiger partial charge < -0.3 is 5.32 Å². The molecule has 0 bridgehead atoms. The molecule has 4 nitrogen and oxygen atoms in total. The van der Waals surface area contributed by atoms with Crippen molar-refractivity contribution < 1.29 is 4.79 Å². The summed E-state index contributed by atoms with van der Waals surface area (Å²) in [6.45, 7) is 8.98. The summed E-state index contributed by atoms with van der Waals surface area (Å²) in [5, 5.41) is 3.92. The molecule has 0 aliphatic heterocycles. The summed E-state index contributed by atoms with van der Waals surface area (Å²) in [7, 11) is 0. The number of anilines is 1. The summed E-state index contributed by atoms with van der Waals surface area (Å²) < 4.78 is 0. The van der Waals surface area contributed by atoms with E-state index in [-0.39, 0.29) is 5.91 Å². The first-order valence-corrected chi connectivity index (χ1v) is 6.82. The third-order valence-electron chi connectivity index (χ3n) is 3.05. The van der Waals surface area contributed by atoms with Crippen molar-refractivity contribution in [3.05, 3.63) is 61.8 Å². The van der Waals surface area contributed by atoms with Crippen LogP contribution in [0.3, 0.4) is 0 Å². The van der Waals surface area contributed by atoms with E-state index in [1.807, 2.05) is 35.2 Å². The number of nitrogens with zero attached hydrogens (tertiary/aromatic N) is 2. The highest BCUT2D eigenvalue weighted by atomic mass is 16.2. The minimum atomic E-state index is -0.0724. The average Bonchev–Trinajstić information content (AvgIpc) is 2.48. The van der Waals surface area contributed by atoms with E-state index in [1.165, 1.54) is 0 Å². The van der Waals surface area contributed by atoms with E-state index in [2.05, 4.69) is 23.5 Å². The molecule has 0 aliphatic carbocycles. The molecule has 0 spiro atoms. The Kier molecular flexibility index (Phi) is 5.23. The number of hydrogen-bond acceptors (Lipinski definition) is 3. The number of hydrogen-bond donors (Lipinski definition) is 1. The molecule has 2 aromatic rings. The Morgan fingerprint density at radius 1 is 1.19 bits per heavy atom. The number of fused-ring (bicyclic) bond motifs is 1. The second-order valence-corrected chi connectivity index (χ2v) is 4.70. The van der Waals surface area contributed by atoms with Crippen LogP contribution < -0.4 is 5.32 Å². The van der Waals surface area contributed by atoms with Crippen molar-refractivity contribution in [3.8, 4) is 0 Å². The summed E-state index contributed by atoms with van der Waals surface area (Å²) in [6.07, 6.45) is 5.27. The predicted molar refractivity (Wildman–Crippen MR) is 87.2 cm³/mol. The van der Waals surface area contributed by atoms with Crippen molar-refractivity contribution in [2.75, 3.05) is 25.0 Å². The van der Waals surface area contributed by atoms with Gasteiger partial charge in [0.15, 0.2) is 0 Å². The standard InChI is InChI=1S/C17H19N3O/c1-3-11-20(12-4-2)13-16(21)19-15-9-5-7-14-8-6-10-18-17(14)15/h3-10H,1-2,11-13H2,(H,19,21). The molecule has 0 saturated carbocycles. The van der Waals surface area contributed by atoms with Gasteiger partial charge >= 0.3 is 0 Å². The van der Waals surface area contributed by atoms with Crippen LogP contribution in [0, 0.1) is 0 Å². The molecule has 21 heavy (non-hydrogen) atoms. The van der Waals surface area contributed by atoms with Crippen LogP contribution in [0.1, 0.15) is 0 Å². The quantitative estimate of drug-likeness (QED) is 0.794. The molecular formula is C17H19N3O. The first kappa shape index (κ1) is 14.9. The van der Waals surface area contributed by atoms with Crippen LogP contribution in [0.25, 0.3) is 10.9 Å². The molecule has 2 rings (SSSR count). The van der Waals surface area contributed by atoms with Gasteiger partial charge in [-0.2, -0.15) is 0 Å². The number of carbonyl (C=O) groups is 1. The lowest BCUT2D eigenvalue weighted by Crippen LogP contribution is -2.33. The Bertz CT molecular complexity index is 636. The van der Waals surface area contributed by atoms with Crippen LogP contribution in [0.4, 0.5) is 5.69 Å². The molecule has 1 heterocycles. The summed E-state index contributed by atoms with van der Waals surface area (Å²) in [5.41, 5.74) is 1.53. The average molecular weight is 281 g/mol. The minimum absolute atomic E-state index is 0.0724. The van der Waals surface area contributed by atoms with E-state index in [4.69, 9.17) is 0 Å². The zero-order valence-corrected chi connectivity index (χ0v) is 12.0. The molecule has 1 aromatic heterocycles. The molecule has 0 radical (unpaired) electrons. The Morgan fingerprint density at radius 2 is 1.90 bits per heavy atom. The number of amides is 1. The molecule has 0 unspecified atom stereocenters. The van der Waals surface area contributed by atoms with Crippen LogP contribution >= 0.6 is 0 Å². The van der Waals surface area contributed by atoms with E-state index in [0.29, 0.717) is 19.6 Å². The van der Waals surface area contributed by atoms with Crippen LogP contribution in [0.2, 0.25) is 0 Å². The van der Waals surface area contributed by atoms with Crippen molar-refractivity contribution >= 4 is 22.5 Å². The molecule has 4 heteroatoms. The smallest absolute Gasteiger partial charge is 0.238 e. The molecule has 1 amide bonds. The molecule has 0 fully saturated rings. The second kappa shape index (κ2) is 7.36. The van der Waals surface area contributed by atoms with Gasteiger partial charge in [0.2, 0.25) is 5.91 Å². The highest BCUT2D eigenvalue weighted by molar-refractivity contribution is 6.00. The molecule has 108 valence electrons. The summed E-state index contributed by atoms with van der Waals surface area (Å²) in [6, 6.07) is 9.59. The van der Waals surface area contributed by atoms with Crippen LogP contribution in [0.15, 0.2) is 61.8 Å². The fourth-order valence-corrected chi connectivity index (χ4v) is 2.17. The van der Waals surface area contributed by atoms with Crippen molar-refractivity contribution in [2.45, 2.75) is 0 Å². The zero-order valence-electron chi connectivity index (χ0n) is 12.0. The molecule has 0 aliphatic rings. The Balaban J connectivity index is 2.10. The van der Waals surface area contributed by atoms with Gasteiger partial charge in [-0.3, -0.25) is 14.7 Å². The van der Waals surface area contributed by atoms with Crippen molar-refractivity contribution in [1.82, 2.24) is 9.88 Å². The Morgan fingerprint density at radius 3 is 2.62 bits per heavy atom. The second-order valence-electron chi connectivity index (χ2n) is 4.70. The highest BCUT2D eigenvalue weighted by Gasteiger charge is 2.10. The maximum atomic E-state index is 12.2. The SMILES string of the molecule is C=CCN(CC=C)CC(=O)Nc1cccc2cccnc12. The van der Waals surface area contributed by atoms with Crippen molar-refractivity contribution in [3.63, 3.8) is 0 Å². The molecule has 0 atom stereocenters. The summed E-state index contributed by atoms with van der Waals surface area (Å²) in [5.74, 6) is -0.0724. The molecule has 1 aromatic carbocycles. The topological polar surface area (TPSA) is 45.2 Å².